The number of likely N-dealkylation sites (tertiary alicyclic amines) is 1. The Bertz CT molecular complexity index is 762. The molecule has 4 rings (SSSR count). The SMILES string of the molecule is O=C(NCC[C@@H]1CCOC12CN(Cc1ccccc1F)C2)c1cscn1. The molecule has 5 nitrogen and oxygen atoms in total. The zero-order valence-electron chi connectivity index (χ0n) is 14.5. The highest BCUT2D eigenvalue weighted by atomic mass is 32.1. The van der Waals surface area contributed by atoms with E-state index in [1.807, 2.05) is 12.1 Å². The molecule has 138 valence electrons. The van der Waals surface area contributed by atoms with Crippen molar-refractivity contribution in [3.63, 3.8) is 0 Å². The molecule has 2 aliphatic rings. The van der Waals surface area contributed by atoms with Gasteiger partial charge in [-0.3, -0.25) is 9.69 Å². The van der Waals surface area contributed by atoms with Gasteiger partial charge in [0, 0.05) is 43.7 Å². The second kappa shape index (κ2) is 7.42. The zero-order chi connectivity index (χ0) is 18.0. The van der Waals surface area contributed by atoms with Crippen LogP contribution in [-0.2, 0) is 11.3 Å². The van der Waals surface area contributed by atoms with Gasteiger partial charge in [0.05, 0.1) is 11.1 Å². The molecule has 1 spiro atoms. The van der Waals surface area contributed by atoms with Gasteiger partial charge in [0.15, 0.2) is 0 Å². The molecule has 0 radical (unpaired) electrons. The topological polar surface area (TPSA) is 54.5 Å². The minimum atomic E-state index is -0.151. The van der Waals surface area contributed by atoms with Crippen LogP contribution in [0, 0.1) is 11.7 Å². The zero-order valence-corrected chi connectivity index (χ0v) is 15.3. The molecular formula is C19H22FN3O2S. The molecule has 7 heteroatoms. The van der Waals surface area contributed by atoms with Crippen molar-refractivity contribution in [1.82, 2.24) is 15.2 Å². The third-order valence-corrected chi connectivity index (χ3v) is 5.96. The van der Waals surface area contributed by atoms with Crippen molar-refractivity contribution in [1.29, 1.82) is 0 Å². The van der Waals surface area contributed by atoms with Crippen LogP contribution in [0.25, 0.3) is 0 Å². The molecule has 0 unspecified atom stereocenters. The Morgan fingerprint density at radius 2 is 2.27 bits per heavy atom. The highest BCUT2D eigenvalue weighted by Gasteiger charge is 2.52. The van der Waals surface area contributed by atoms with E-state index in [-0.39, 0.29) is 17.3 Å². The van der Waals surface area contributed by atoms with Crippen LogP contribution < -0.4 is 5.32 Å². The van der Waals surface area contributed by atoms with Gasteiger partial charge in [-0.05, 0) is 24.8 Å². The number of nitrogens with zero attached hydrogens (tertiary/aromatic N) is 2. The monoisotopic (exact) mass is 375 g/mol. The van der Waals surface area contributed by atoms with Gasteiger partial charge in [0.2, 0.25) is 0 Å². The van der Waals surface area contributed by atoms with E-state index in [2.05, 4.69) is 15.2 Å². The fourth-order valence-electron chi connectivity index (χ4n) is 4.01. The highest BCUT2D eigenvalue weighted by molar-refractivity contribution is 7.07. The number of halogens is 1. The minimum absolute atomic E-state index is 0.117. The van der Waals surface area contributed by atoms with Crippen LogP contribution in [0.1, 0.15) is 28.9 Å². The number of aromatic nitrogens is 1. The summed E-state index contributed by atoms with van der Waals surface area (Å²) in [6.45, 7) is 3.65. The molecule has 1 amide bonds. The number of hydrogen-bond acceptors (Lipinski definition) is 5. The number of rotatable bonds is 6. The van der Waals surface area contributed by atoms with Gasteiger partial charge in [0.25, 0.3) is 5.91 Å². The summed E-state index contributed by atoms with van der Waals surface area (Å²) in [5, 5.41) is 4.69. The normalized spacial score (nSPS) is 21.7. The fourth-order valence-corrected chi connectivity index (χ4v) is 4.54. The van der Waals surface area contributed by atoms with Crippen LogP contribution in [0.5, 0.6) is 0 Å². The Morgan fingerprint density at radius 3 is 3.04 bits per heavy atom. The Kier molecular flexibility index (Phi) is 5.02. The third kappa shape index (κ3) is 3.51. The van der Waals surface area contributed by atoms with Crippen molar-refractivity contribution in [2.75, 3.05) is 26.2 Å². The van der Waals surface area contributed by atoms with Crippen LogP contribution in [0.2, 0.25) is 0 Å². The lowest BCUT2D eigenvalue weighted by Gasteiger charge is -2.50. The van der Waals surface area contributed by atoms with Gasteiger partial charge in [0.1, 0.15) is 11.5 Å². The molecular weight excluding hydrogens is 353 g/mol. The van der Waals surface area contributed by atoms with Crippen LogP contribution in [0.15, 0.2) is 35.2 Å². The second-order valence-electron chi connectivity index (χ2n) is 7.05. The number of nitrogens with one attached hydrogen (secondary N) is 1. The summed E-state index contributed by atoms with van der Waals surface area (Å²) in [6, 6.07) is 6.92. The first-order valence-corrected chi connectivity index (χ1v) is 9.87. The van der Waals surface area contributed by atoms with Gasteiger partial charge in [-0.1, -0.05) is 18.2 Å². The van der Waals surface area contributed by atoms with Crippen molar-refractivity contribution in [2.45, 2.75) is 25.0 Å². The van der Waals surface area contributed by atoms with Gasteiger partial charge in [-0.15, -0.1) is 11.3 Å². The van der Waals surface area contributed by atoms with Gasteiger partial charge >= 0.3 is 0 Å². The number of benzene rings is 1. The quantitative estimate of drug-likeness (QED) is 0.844. The maximum Gasteiger partial charge on any atom is 0.270 e. The van der Waals surface area contributed by atoms with Gasteiger partial charge < -0.3 is 10.1 Å². The summed E-state index contributed by atoms with van der Waals surface area (Å²) in [6.07, 6.45) is 1.91. The first kappa shape index (κ1) is 17.6. The van der Waals surface area contributed by atoms with E-state index in [4.69, 9.17) is 4.74 Å². The number of thiazole rings is 1. The highest BCUT2D eigenvalue weighted by Crippen LogP contribution is 2.42. The van der Waals surface area contributed by atoms with Crippen molar-refractivity contribution < 1.29 is 13.9 Å². The molecule has 2 saturated heterocycles. The van der Waals surface area contributed by atoms with Crippen molar-refractivity contribution >= 4 is 17.2 Å². The molecule has 1 aromatic carbocycles. The van der Waals surface area contributed by atoms with Crippen LogP contribution >= 0.6 is 11.3 Å². The molecule has 2 fully saturated rings. The van der Waals surface area contributed by atoms with E-state index in [9.17, 15) is 9.18 Å². The predicted molar refractivity (Wildman–Crippen MR) is 97.5 cm³/mol. The van der Waals surface area contributed by atoms with E-state index in [1.165, 1.54) is 17.4 Å². The van der Waals surface area contributed by atoms with E-state index in [0.717, 1.165) is 38.1 Å². The molecule has 2 aromatic rings. The lowest BCUT2D eigenvalue weighted by atomic mass is 9.78. The van der Waals surface area contributed by atoms with E-state index in [0.29, 0.717) is 24.7 Å². The maximum atomic E-state index is 13.8. The number of ether oxygens (including phenoxy) is 1. The molecule has 1 aromatic heterocycles. The number of amides is 1. The van der Waals surface area contributed by atoms with Crippen molar-refractivity contribution in [3.8, 4) is 0 Å². The van der Waals surface area contributed by atoms with Crippen molar-refractivity contribution in [2.24, 2.45) is 5.92 Å². The van der Waals surface area contributed by atoms with E-state index in [1.54, 1.807) is 17.0 Å². The molecule has 1 N–H and O–H groups in total. The lowest BCUT2D eigenvalue weighted by molar-refractivity contribution is -0.137. The predicted octanol–water partition coefficient (Wildman–Crippen LogP) is 2.69. The standard InChI is InChI=1S/C19H22FN3O2S/c20-16-4-2-1-3-14(16)9-23-11-19(12-23)15(6-8-25-19)5-7-21-18(24)17-10-26-13-22-17/h1-4,10,13,15H,5-9,11-12H2,(H,21,24)/t15-/m1/s1. The molecule has 1 atom stereocenters. The van der Waals surface area contributed by atoms with Gasteiger partial charge in [-0.25, -0.2) is 9.37 Å². The molecule has 0 saturated carbocycles. The number of carbonyl (C=O) groups excluding carboxylic acids is 1. The van der Waals surface area contributed by atoms with E-state index < -0.39 is 0 Å². The Hall–Kier alpha value is -1.83. The summed E-state index contributed by atoms with van der Waals surface area (Å²) in [5.41, 5.74) is 2.74. The van der Waals surface area contributed by atoms with Crippen LogP contribution in [0.3, 0.4) is 0 Å². The second-order valence-corrected chi connectivity index (χ2v) is 7.77. The largest absolute Gasteiger partial charge is 0.372 e. The molecule has 2 aliphatic heterocycles. The summed E-state index contributed by atoms with van der Waals surface area (Å²) < 4.78 is 19.9. The summed E-state index contributed by atoms with van der Waals surface area (Å²) >= 11 is 1.42. The number of hydrogen-bond donors (Lipinski definition) is 1. The third-order valence-electron chi connectivity index (χ3n) is 5.38. The van der Waals surface area contributed by atoms with Gasteiger partial charge in [-0.2, -0.15) is 0 Å². The average Bonchev–Trinajstić information content (AvgIpc) is 3.26. The Balaban J connectivity index is 1.26. The van der Waals surface area contributed by atoms with Crippen molar-refractivity contribution in [3.05, 3.63) is 52.2 Å². The molecule has 3 heterocycles. The fraction of sp³-hybridized carbons (Fsp3) is 0.474. The van der Waals surface area contributed by atoms with E-state index >= 15 is 0 Å². The average molecular weight is 375 g/mol. The summed E-state index contributed by atoms with van der Waals surface area (Å²) in [4.78, 5) is 18.2. The molecule has 0 aliphatic carbocycles. The lowest BCUT2D eigenvalue weighted by Crippen LogP contribution is -2.64. The summed E-state index contributed by atoms with van der Waals surface area (Å²) in [5.74, 6) is 0.159. The summed E-state index contributed by atoms with van der Waals surface area (Å²) in [7, 11) is 0. The Labute approximate surface area is 156 Å². The first-order chi connectivity index (χ1) is 12.7. The van der Waals surface area contributed by atoms with Crippen LogP contribution in [0.4, 0.5) is 4.39 Å². The molecule has 0 bridgehead atoms. The smallest absolute Gasteiger partial charge is 0.270 e. The number of carbonyl (C=O) groups is 1. The first-order valence-electron chi connectivity index (χ1n) is 8.92. The maximum absolute atomic E-state index is 13.8. The Morgan fingerprint density at radius 1 is 1.42 bits per heavy atom. The minimum Gasteiger partial charge on any atom is -0.372 e. The van der Waals surface area contributed by atoms with Crippen LogP contribution in [-0.4, -0.2) is 47.6 Å². The molecule has 26 heavy (non-hydrogen) atoms.